The molecule has 0 aliphatic rings. The summed E-state index contributed by atoms with van der Waals surface area (Å²) in [5.74, 6) is 0. The molecule has 0 heterocycles. The summed E-state index contributed by atoms with van der Waals surface area (Å²) in [6.07, 6.45) is 2.24. The average molecular weight is 260 g/mol. The SMILES string of the molecule is [c]1cc2ccccc2cc1NCCCc1ccccc1. The Bertz CT molecular complexity index is 673. The molecule has 0 amide bonds. The largest absolute Gasteiger partial charge is 0.385 e. The van der Waals surface area contributed by atoms with E-state index in [1.165, 1.54) is 16.3 Å². The molecule has 1 N–H and O–H groups in total. The summed E-state index contributed by atoms with van der Waals surface area (Å²) in [7, 11) is 0. The van der Waals surface area contributed by atoms with Gasteiger partial charge in [0.1, 0.15) is 0 Å². The van der Waals surface area contributed by atoms with Crippen LogP contribution >= 0.6 is 0 Å². The summed E-state index contributed by atoms with van der Waals surface area (Å²) in [6, 6.07) is 26.5. The average Bonchev–Trinajstić information content (AvgIpc) is 2.52. The van der Waals surface area contributed by atoms with Crippen molar-refractivity contribution in [2.75, 3.05) is 11.9 Å². The fourth-order valence-corrected chi connectivity index (χ4v) is 2.39. The van der Waals surface area contributed by atoms with Gasteiger partial charge in [-0.15, -0.1) is 0 Å². The van der Waals surface area contributed by atoms with Gasteiger partial charge in [0.2, 0.25) is 0 Å². The van der Waals surface area contributed by atoms with Gasteiger partial charge in [-0.25, -0.2) is 0 Å². The highest BCUT2D eigenvalue weighted by molar-refractivity contribution is 5.85. The summed E-state index contributed by atoms with van der Waals surface area (Å²) >= 11 is 0. The first kappa shape index (κ1) is 12.7. The Hall–Kier alpha value is -2.28. The quantitative estimate of drug-likeness (QED) is 0.656. The van der Waals surface area contributed by atoms with Crippen LogP contribution in [0.1, 0.15) is 12.0 Å². The number of nitrogens with one attached hydrogen (secondary N) is 1. The van der Waals surface area contributed by atoms with Gasteiger partial charge in [-0.1, -0.05) is 54.6 Å². The molecule has 1 radical (unpaired) electrons. The molecule has 0 fully saturated rings. The van der Waals surface area contributed by atoms with E-state index in [2.05, 4.69) is 78.1 Å². The first-order valence-electron chi connectivity index (χ1n) is 7.10. The van der Waals surface area contributed by atoms with Crippen LogP contribution in [0.4, 0.5) is 5.69 Å². The third kappa shape index (κ3) is 3.18. The van der Waals surface area contributed by atoms with Crippen molar-refractivity contribution in [2.24, 2.45) is 0 Å². The van der Waals surface area contributed by atoms with Gasteiger partial charge in [0.15, 0.2) is 0 Å². The number of aryl methyl sites for hydroxylation is 1. The molecule has 3 aromatic rings. The lowest BCUT2D eigenvalue weighted by Gasteiger charge is -2.07. The van der Waals surface area contributed by atoms with E-state index in [0.717, 1.165) is 25.1 Å². The van der Waals surface area contributed by atoms with E-state index in [-0.39, 0.29) is 0 Å². The molecule has 0 saturated heterocycles. The molecule has 3 rings (SSSR count). The fourth-order valence-electron chi connectivity index (χ4n) is 2.39. The molecular weight excluding hydrogens is 242 g/mol. The minimum Gasteiger partial charge on any atom is -0.385 e. The summed E-state index contributed by atoms with van der Waals surface area (Å²) in [6.45, 7) is 0.976. The highest BCUT2D eigenvalue weighted by atomic mass is 14.9. The van der Waals surface area contributed by atoms with Crippen molar-refractivity contribution in [3.63, 3.8) is 0 Å². The third-order valence-electron chi connectivity index (χ3n) is 3.48. The summed E-state index contributed by atoms with van der Waals surface area (Å²) in [5, 5.41) is 5.95. The van der Waals surface area contributed by atoms with Crippen molar-refractivity contribution in [1.29, 1.82) is 0 Å². The number of hydrogen-bond acceptors (Lipinski definition) is 1. The van der Waals surface area contributed by atoms with Crippen LogP contribution in [0.5, 0.6) is 0 Å². The van der Waals surface area contributed by atoms with Gasteiger partial charge in [-0.3, -0.25) is 0 Å². The molecule has 0 bridgehead atoms. The van der Waals surface area contributed by atoms with Crippen LogP contribution in [0.15, 0.2) is 66.7 Å². The zero-order valence-corrected chi connectivity index (χ0v) is 11.5. The number of rotatable bonds is 5. The number of hydrogen-bond donors (Lipinski definition) is 1. The second kappa shape index (κ2) is 6.25. The summed E-state index contributed by atoms with van der Waals surface area (Å²) < 4.78 is 0. The Kier molecular flexibility index (Phi) is 3.98. The maximum atomic E-state index is 3.45. The maximum Gasteiger partial charge on any atom is 0.0427 e. The lowest BCUT2D eigenvalue weighted by atomic mass is 10.1. The number of anilines is 1. The van der Waals surface area contributed by atoms with E-state index in [1.54, 1.807) is 0 Å². The normalized spacial score (nSPS) is 10.6. The topological polar surface area (TPSA) is 12.0 Å². The van der Waals surface area contributed by atoms with E-state index in [9.17, 15) is 0 Å². The van der Waals surface area contributed by atoms with Gasteiger partial charge in [-0.05, 0) is 41.3 Å². The molecule has 3 aromatic carbocycles. The first-order valence-corrected chi connectivity index (χ1v) is 7.10. The highest BCUT2D eigenvalue weighted by Gasteiger charge is 1.96. The molecule has 20 heavy (non-hydrogen) atoms. The molecule has 0 saturated carbocycles. The van der Waals surface area contributed by atoms with Gasteiger partial charge in [-0.2, -0.15) is 0 Å². The van der Waals surface area contributed by atoms with Crippen LogP contribution in [0.2, 0.25) is 0 Å². The number of benzene rings is 3. The maximum absolute atomic E-state index is 3.45. The van der Waals surface area contributed by atoms with Gasteiger partial charge < -0.3 is 5.32 Å². The van der Waals surface area contributed by atoms with Crippen LogP contribution < -0.4 is 5.32 Å². The third-order valence-corrected chi connectivity index (χ3v) is 3.48. The van der Waals surface area contributed by atoms with E-state index in [0.29, 0.717) is 0 Å². The molecule has 0 unspecified atom stereocenters. The predicted octanol–water partition coefficient (Wildman–Crippen LogP) is 4.68. The zero-order chi connectivity index (χ0) is 13.6. The minimum absolute atomic E-state index is 0.976. The molecule has 99 valence electrons. The Morgan fingerprint density at radius 2 is 1.60 bits per heavy atom. The standard InChI is InChI=1S/C19H18N/c1-2-7-16(8-3-1)9-6-14-20-19-13-12-17-10-4-5-11-18(17)15-19/h1-5,7-8,10-12,15,20H,6,9,14H2. The van der Waals surface area contributed by atoms with Gasteiger partial charge >= 0.3 is 0 Å². The van der Waals surface area contributed by atoms with Crippen molar-refractivity contribution in [3.05, 3.63) is 78.4 Å². The van der Waals surface area contributed by atoms with Gasteiger partial charge in [0.25, 0.3) is 0 Å². The molecular formula is C19H18N. The molecule has 1 nitrogen and oxygen atoms in total. The minimum atomic E-state index is 0.976. The molecule has 0 aliphatic carbocycles. The van der Waals surface area contributed by atoms with E-state index in [4.69, 9.17) is 0 Å². The van der Waals surface area contributed by atoms with Crippen molar-refractivity contribution in [3.8, 4) is 0 Å². The predicted molar refractivity (Wildman–Crippen MR) is 86.0 cm³/mol. The Morgan fingerprint density at radius 1 is 0.850 bits per heavy atom. The summed E-state index contributed by atoms with van der Waals surface area (Å²) in [5.41, 5.74) is 2.48. The van der Waals surface area contributed by atoms with Crippen molar-refractivity contribution in [2.45, 2.75) is 12.8 Å². The van der Waals surface area contributed by atoms with Crippen LogP contribution in [0.25, 0.3) is 10.8 Å². The van der Waals surface area contributed by atoms with Crippen LogP contribution in [0.3, 0.4) is 0 Å². The zero-order valence-electron chi connectivity index (χ0n) is 11.5. The Morgan fingerprint density at radius 3 is 2.45 bits per heavy atom. The van der Waals surface area contributed by atoms with Gasteiger partial charge in [0.05, 0.1) is 0 Å². The van der Waals surface area contributed by atoms with Crippen molar-refractivity contribution in [1.82, 2.24) is 0 Å². The second-order valence-electron chi connectivity index (χ2n) is 4.99. The van der Waals surface area contributed by atoms with E-state index in [1.807, 2.05) is 0 Å². The number of fused-ring (bicyclic) bond motifs is 1. The molecule has 0 aliphatic heterocycles. The lowest BCUT2D eigenvalue weighted by Crippen LogP contribution is -2.02. The highest BCUT2D eigenvalue weighted by Crippen LogP contribution is 2.18. The van der Waals surface area contributed by atoms with Crippen molar-refractivity contribution < 1.29 is 0 Å². The van der Waals surface area contributed by atoms with Crippen LogP contribution in [0, 0.1) is 6.07 Å². The first-order chi connectivity index (χ1) is 9.92. The molecule has 0 spiro atoms. The smallest absolute Gasteiger partial charge is 0.0427 e. The van der Waals surface area contributed by atoms with Gasteiger partial charge in [0, 0.05) is 18.3 Å². The van der Waals surface area contributed by atoms with Crippen LogP contribution in [-0.2, 0) is 6.42 Å². The van der Waals surface area contributed by atoms with Crippen molar-refractivity contribution >= 4 is 16.5 Å². The molecule has 0 atom stereocenters. The fraction of sp³-hybridized carbons (Fsp3) is 0.158. The van der Waals surface area contributed by atoms with Crippen LogP contribution in [-0.4, -0.2) is 6.54 Å². The summed E-state index contributed by atoms with van der Waals surface area (Å²) in [4.78, 5) is 0. The van der Waals surface area contributed by atoms with E-state index < -0.39 is 0 Å². The molecule has 1 heteroatoms. The monoisotopic (exact) mass is 260 g/mol. The molecule has 0 aromatic heterocycles. The van der Waals surface area contributed by atoms with E-state index >= 15 is 0 Å². The Labute approximate surface area is 120 Å². The lowest BCUT2D eigenvalue weighted by molar-refractivity contribution is 0.863. The Balaban J connectivity index is 1.55. The second-order valence-corrected chi connectivity index (χ2v) is 4.99.